The smallest absolute Gasteiger partial charge is 0.129 e. The summed E-state index contributed by atoms with van der Waals surface area (Å²) in [5, 5.41) is 3.99. The first-order chi connectivity index (χ1) is 7.25. The molecule has 2 unspecified atom stereocenters. The van der Waals surface area contributed by atoms with E-state index in [1.165, 1.54) is 0 Å². The predicted molar refractivity (Wildman–Crippen MR) is 69.6 cm³/mol. The van der Waals surface area contributed by atoms with E-state index in [4.69, 9.17) is 11.6 Å². The molecular formula is C10H14Cl2N2OS. The van der Waals surface area contributed by atoms with Gasteiger partial charge in [-0.15, -0.1) is 12.4 Å². The maximum absolute atomic E-state index is 11.9. The van der Waals surface area contributed by atoms with Gasteiger partial charge in [0.25, 0.3) is 0 Å². The number of pyridine rings is 1. The highest BCUT2D eigenvalue weighted by molar-refractivity contribution is 7.84. The Balaban J connectivity index is 0.00000128. The molecule has 0 radical (unpaired) electrons. The molecule has 1 aromatic heterocycles. The van der Waals surface area contributed by atoms with E-state index in [0.29, 0.717) is 16.2 Å². The molecule has 3 nitrogen and oxygen atoms in total. The van der Waals surface area contributed by atoms with Crippen LogP contribution in [-0.2, 0) is 16.6 Å². The molecule has 6 heteroatoms. The van der Waals surface area contributed by atoms with Gasteiger partial charge in [0.1, 0.15) is 5.15 Å². The van der Waals surface area contributed by atoms with Crippen molar-refractivity contribution in [1.29, 1.82) is 0 Å². The Morgan fingerprint density at radius 2 is 2.38 bits per heavy atom. The zero-order valence-corrected chi connectivity index (χ0v) is 11.1. The number of nitrogens with one attached hydrogen (secondary N) is 1. The minimum Gasteiger partial charge on any atom is -0.315 e. The third-order valence-corrected chi connectivity index (χ3v) is 4.47. The van der Waals surface area contributed by atoms with Crippen LogP contribution in [0.15, 0.2) is 18.3 Å². The summed E-state index contributed by atoms with van der Waals surface area (Å²) in [6.45, 7) is 1.85. The summed E-state index contributed by atoms with van der Waals surface area (Å²) in [6.07, 6.45) is 2.70. The predicted octanol–water partition coefficient (Wildman–Crippen LogP) is 1.77. The second-order valence-electron chi connectivity index (χ2n) is 3.63. The average molecular weight is 281 g/mol. The molecule has 0 spiro atoms. The van der Waals surface area contributed by atoms with Crippen molar-refractivity contribution >= 4 is 34.8 Å². The van der Waals surface area contributed by atoms with Gasteiger partial charge in [0, 0.05) is 28.8 Å². The minimum atomic E-state index is -0.799. The number of hydrogen-bond donors (Lipinski definition) is 1. The molecule has 2 atom stereocenters. The van der Waals surface area contributed by atoms with E-state index in [-0.39, 0.29) is 12.4 Å². The van der Waals surface area contributed by atoms with Gasteiger partial charge < -0.3 is 5.32 Å². The van der Waals surface area contributed by atoms with Gasteiger partial charge in [-0.1, -0.05) is 17.7 Å². The van der Waals surface area contributed by atoms with Crippen molar-refractivity contribution in [3.05, 3.63) is 29.0 Å². The van der Waals surface area contributed by atoms with Crippen molar-refractivity contribution in [2.45, 2.75) is 17.4 Å². The molecule has 1 saturated heterocycles. The SMILES string of the molecule is Cl.O=S(Cc1ccc(Cl)nc1)C1CCNC1. The van der Waals surface area contributed by atoms with Gasteiger partial charge >= 0.3 is 0 Å². The lowest BCUT2D eigenvalue weighted by Gasteiger charge is -2.07. The van der Waals surface area contributed by atoms with E-state index in [1.807, 2.05) is 6.07 Å². The highest BCUT2D eigenvalue weighted by Gasteiger charge is 2.20. The Kier molecular flexibility index (Phi) is 5.69. The van der Waals surface area contributed by atoms with Crippen LogP contribution in [0.5, 0.6) is 0 Å². The van der Waals surface area contributed by atoms with Gasteiger partial charge in [-0.3, -0.25) is 4.21 Å². The van der Waals surface area contributed by atoms with Crippen molar-refractivity contribution in [2.24, 2.45) is 0 Å². The molecule has 1 fully saturated rings. The van der Waals surface area contributed by atoms with Gasteiger partial charge in [-0.2, -0.15) is 0 Å². The number of halogens is 2. The van der Waals surface area contributed by atoms with E-state index in [2.05, 4.69) is 10.3 Å². The highest BCUT2D eigenvalue weighted by atomic mass is 35.5. The van der Waals surface area contributed by atoms with Crippen LogP contribution in [0.3, 0.4) is 0 Å². The van der Waals surface area contributed by atoms with Crippen LogP contribution < -0.4 is 5.32 Å². The van der Waals surface area contributed by atoms with E-state index in [1.54, 1.807) is 12.3 Å². The lowest BCUT2D eigenvalue weighted by atomic mass is 10.3. The van der Waals surface area contributed by atoms with Crippen LogP contribution in [0, 0.1) is 0 Å². The molecule has 0 amide bonds. The molecular weight excluding hydrogens is 267 g/mol. The molecule has 0 bridgehead atoms. The summed E-state index contributed by atoms with van der Waals surface area (Å²) < 4.78 is 11.9. The molecule has 2 rings (SSSR count). The monoisotopic (exact) mass is 280 g/mol. The Bertz CT molecular complexity index is 352. The fraction of sp³-hybridized carbons (Fsp3) is 0.500. The second-order valence-corrected chi connectivity index (χ2v) is 5.73. The number of hydrogen-bond acceptors (Lipinski definition) is 3. The molecule has 90 valence electrons. The minimum absolute atomic E-state index is 0. The van der Waals surface area contributed by atoms with Gasteiger partial charge in [0.15, 0.2) is 0 Å². The van der Waals surface area contributed by atoms with Crippen molar-refractivity contribution in [3.63, 3.8) is 0 Å². The summed E-state index contributed by atoms with van der Waals surface area (Å²) in [4.78, 5) is 3.97. The largest absolute Gasteiger partial charge is 0.315 e. The Hall–Kier alpha value is -0.160. The van der Waals surface area contributed by atoms with Gasteiger partial charge in [-0.25, -0.2) is 4.98 Å². The molecule has 0 aliphatic carbocycles. The summed E-state index contributed by atoms with van der Waals surface area (Å²) >= 11 is 5.68. The maximum atomic E-state index is 11.9. The van der Waals surface area contributed by atoms with Gasteiger partial charge in [0.2, 0.25) is 0 Å². The average Bonchev–Trinajstić information content (AvgIpc) is 2.74. The van der Waals surface area contributed by atoms with E-state index in [0.717, 1.165) is 25.1 Å². The molecule has 0 saturated carbocycles. The van der Waals surface area contributed by atoms with Crippen molar-refractivity contribution in [2.75, 3.05) is 13.1 Å². The fourth-order valence-corrected chi connectivity index (χ4v) is 3.16. The van der Waals surface area contributed by atoms with E-state index < -0.39 is 10.8 Å². The molecule has 0 aromatic carbocycles. The van der Waals surface area contributed by atoms with Crippen LogP contribution in [-0.4, -0.2) is 27.5 Å². The van der Waals surface area contributed by atoms with Crippen LogP contribution in [0.25, 0.3) is 0 Å². The summed E-state index contributed by atoms with van der Waals surface area (Å²) in [5.74, 6) is 0.580. The molecule has 16 heavy (non-hydrogen) atoms. The fourth-order valence-electron chi connectivity index (χ4n) is 1.63. The zero-order valence-electron chi connectivity index (χ0n) is 8.69. The molecule has 1 aromatic rings. The molecule has 2 heterocycles. The van der Waals surface area contributed by atoms with E-state index >= 15 is 0 Å². The summed E-state index contributed by atoms with van der Waals surface area (Å²) in [6, 6.07) is 3.62. The topological polar surface area (TPSA) is 42.0 Å². The first kappa shape index (κ1) is 13.9. The Morgan fingerprint density at radius 1 is 1.56 bits per heavy atom. The lowest BCUT2D eigenvalue weighted by molar-refractivity contribution is 0.672. The van der Waals surface area contributed by atoms with Crippen LogP contribution in [0.2, 0.25) is 5.15 Å². The Morgan fingerprint density at radius 3 is 2.94 bits per heavy atom. The Labute approximate surface area is 109 Å². The number of nitrogens with zero attached hydrogens (tertiary/aromatic N) is 1. The third-order valence-electron chi connectivity index (χ3n) is 2.48. The van der Waals surface area contributed by atoms with Crippen molar-refractivity contribution in [3.8, 4) is 0 Å². The van der Waals surface area contributed by atoms with Crippen LogP contribution >= 0.6 is 24.0 Å². The molecule has 1 N–H and O–H groups in total. The quantitative estimate of drug-likeness (QED) is 0.859. The molecule has 1 aliphatic rings. The first-order valence-corrected chi connectivity index (χ1v) is 6.70. The summed E-state index contributed by atoms with van der Waals surface area (Å²) in [5.41, 5.74) is 0.990. The third kappa shape index (κ3) is 3.70. The number of rotatable bonds is 3. The van der Waals surface area contributed by atoms with Gasteiger partial charge in [0.05, 0.1) is 5.75 Å². The zero-order chi connectivity index (χ0) is 10.7. The second kappa shape index (κ2) is 6.55. The summed E-state index contributed by atoms with van der Waals surface area (Å²) in [7, 11) is -0.799. The van der Waals surface area contributed by atoms with Crippen molar-refractivity contribution < 1.29 is 4.21 Å². The van der Waals surface area contributed by atoms with Crippen LogP contribution in [0.4, 0.5) is 0 Å². The standard InChI is InChI=1S/C10H13ClN2OS.ClH/c11-10-2-1-8(5-13-10)7-15(14)9-3-4-12-6-9;/h1-2,5,9,12H,3-4,6-7H2;1H. The van der Waals surface area contributed by atoms with Crippen LogP contribution in [0.1, 0.15) is 12.0 Å². The maximum Gasteiger partial charge on any atom is 0.129 e. The highest BCUT2D eigenvalue weighted by Crippen LogP contribution is 2.13. The first-order valence-electron chi connectivity index (χ1n) is 4.94. The van der Waals surface area contributed by atoms with Crippen molar-refractivity contribution in [1.82, 2.24) is 10.3 Å². The number of aromatic nitrogens is 1. The lowest BCUT2D eigenvalue weighted by Crippen LogP contribution is -2.19. The molecule has 1 aliphatic heterocycles. The van der Waals surface area contributed by atoms with Gasteiger partial charge in [-0.05, 0) is 24.6 Å². The van der Waals surface area contributed by atoms with E-state index in [9.17, 15) is 4.21 Å². The normalized spacial score (nSPS) is 21.4.